The second kappa shape index (κ2) is 3.22. The van der Waals surface area contributed by atoms with Crippen molar-refractivity contribution >= 4 is 11.8 Å². The molecule has 0 spiro atoms. The minimum absolute atomic E-state index is 0.163. The number of hydrogen-bond donors (Lipinski definition) is 0. The minimum Gasteiger partial charge on any atom is -0.346 e. The van der Waals surface area contributed by atoms with E-state index in [4.69, 9.17) is 0 Å². The average Bonchev–Trinajstić information content (AvgIpc) is 2.62. The molecular weight excluding hydrogens is 192 g/mol. The number of imide groups is 1. The largest absolute Gasteiger partial charge is 0.346 e. The lowest BCUT2D eigenvalue weighted by Crippen LogP contribution is -2.33. The first-order valence-electron chi connectivity index (χ1n) is 5.04. The Labute approximate surface area is 88.5 Å². The molecule has 4 heteroatoms. The van der Waals surface area contributed by atoms with Gasteiger partial charge in [-0.3, -0.25) is 14.5 Å². The molecule has 0 bridgehead atoms. The molecule has 0 saturated carbocycles. The Balaban J connectivity index is 2.37. The lowest BCUT2D eigenvalue weighted by molar-refractivity contribution is 0.0632. The summed E-state index contributed by atoms with van der Waals surface area (Å²) in [5.41, 5.74) is 1.05. The van der Waals surface area contributed by atoms with E-state index in [0.29, 0.717) is 23.7 Å². The van der Waals surface area contributed by atoms with E-state index in [2.05, 4.69) is 0 Å². The minimum atomic E-state index is -0.170. The Morgan fingerprint density at radius 3 is 2.47 bits per heavy atom. The van der Waals surface area contributed by atoms with E-state index in [1.807, 2.05) is 13.8 Å². The SMILES string of the molecule is CC(C)CN1C(=O)c2ccn(C)c2C1=O. The van der Waals surface area contributed by atoms with Gasteiger partial charge >= 0.3 is 0 Å². The molecule has 1 aromatic heterocycles. The van der Waals surface area contributed by atoms with E-state index in [-0.39, 0.29) is 11.8 Å². The van der Waals surface area contributed by atoms with Crippen LogP contribution in [-0.2, 0) is 7.05 Å². The van der Waals surface area contributed by atoms with Crippen LogP contribution in [0.3, 0.4) is 0 Å². The summed E-state index contributed by atoms with van der Waals surface area (Å²) >= 11 is 0. The number of carbonyl (C=O) groups excluding carboxylic acids is 2. The molecule has 1 aliphatic heterocycles. The van der Waals surface area contributed by atoms with E-state index in [9.17, 15) is 9.59 Å². The van der Waals surface area contributed by atoms with Crippen molar-refractivity contribution in [3.8, 4) is 0 Å². The molecule has 0 atom stereocenters. The van der Waals surface area contributed by atoms with Crippen molar-refractivity contribution in [3.05, 3.63) is 23.5 Å². The molecule has 0 N–H and O–H groups in total. The van der Waals surface area contributed by atoms with Crippen LogP contribution in [-0.4, -0.2) is 27.8 Å². The molecule has 0 radical (unpaired) electrons. The van der Waals surface area contributed by atoms with E-state index in [0.717, 1.165) is 0 Å². The van der Waals surface area contributed by atoms with Gasteiger partial charge in [-0.25, -0.2) is 0 Å². The zero-order valence-electron chi connectivity index (χ0n) is 9.15. The Morgan fingerprint density at radius 1 is 1.27 bits per heavy atom. The topological polar surface area (TPSA) is 42.3 Å². The monoisotopic (exact) mass is 206 g/mol. The molecule has 1 aromatic rings. The number of rotatable bonds is 2. The number of fused-ring (bicyclic) bond motifs is 1. The molecule has 1 aliphatic rings. The Morgan fingerprint density at radius 2 is 1.93 bits per heavy atom. The van der Waals surface area contributed by atoms with Crippen LogP contribution in [0.1, 0.15) is 34.7 Å². The predicted molar refractivity (Wildman–Crippen MR) is 55.6 cm³/mol. The molecule has 0 fully saturated rings. The van der Waals surface area contributed by atoms with Gasteiger partial charge in [0.25, 0.3) is 11.8 Å². The van der Waals surface area contributed by atoms with Crippen LogP contribution in [0.5, 0.6) is 0 Å². The van der Waals surface area contributed by atoms with Gasteiger partial charge in [-0.15, -0.1) is 0 Å². The molecule has 0 saturated heterocycles. The average molecular weight is 206 g/mol. The van der Waals surface area contributed by atoms with Gasteiger partial charge in [0, 0.05) is 19.8 Å². The van der Waals surface area contributed by atoms with Crippen LogP contribution in [0.15, 0.2) is 12.3 Å². The fraction of sp³-hybridized carbons (Fsp3) is 0.455. The van der Waals surface area contributed by atoms with Gasteiger partial charge in [0.15, 0.2) is 0 Å². The molecule has 2 heterocycles. The Hall–Kier alpha value is -1.58. The molecule has 2 amide bonds. The summed E-state index contributed by atoms with van der Waals surface area (Å²) in [6.45, 7) is 4.47. The fourth-order valence-electron chi connectivity index (χ4n) is 1.86. The van der Waals surface area contributed by atoms with Crippen LogP contribution in [0.4, 0.5) is 0 Å². The van der Waals surface area contributed by atoms with Crippen LogP contribution in [0.25, 0.3) is 0 Å². The van der Waals surface area contributed by atoms with Crippen LogP contribution < -0.4 is 0 Å². The van der Waals surface area contributed by atoms with Gasteiger partial charge in [0.05, 0.1) is 5.56 Å². The van der Waals surface area contributed by atoms with Gasteiger partial charge < -0.3 is 4.57 Å². The number of aromatic nitrogens is 1. The number of carbonyl (C=O) groups is 2. The lowest BCUT2D eigenvalue weighted by Gasteiger charge is -2.16. The molecule has 15 heavy (non-hydrogen) atoms. The second-order valence-electron chi connectivity index (χ2n) is 4.30. The maximum Gasteiger partial charge on any atom is 0.278 e. The standard InChI is InChI=1S/C11H14N2O2/c1-7(2)6-13-10(14)8-4-5-12(3)9(8)11(13)15/h4-5,7H,6H2,1-3H3. The van der Waals surface area contributed by atoms with Crippen molar-refractivity contribution in [1.29, 1.82) is 0 Å². The summed E-state index contributed by atoms with van der Waals surface area (Å²) in [6.07, 6.45) is 1.74. The van der Waals surface area contributed by atoms with Gasteiger partial charge in [-0.2, -0.15) is 0 Å². The van der Waals surface area contributed by atoms with Crippen molar-refractivity contribution in [3.63, 3.8) is 0 Å². The van der Waals surface area contributed by atoms with Gasteiger partial charge in [-0.1, -0.05) is 13.8 Å². The highest BCUT2D eigenvalue weighted by molar-refractivity contribution is 6.20. The van der Waals surface area contributed by atoms with Crippen molar-refractivity contribution < 1.29 is 9.59 Å². The third kappa shape index (κ3) is 1.37. The Bertz CT molecular complexity index is 432. The first kappa shape index (κ1) is 9.96. The molecular formula is C11H14N2O2. The molecule has 0 aromatic carbocycles. The molecule has 80 valence electrons. The zero-order chi connectivity index (χ0) is 11.2. The van der Waals surface area contributed by atoms with Crippen LogP contribution >= 0.6 is 0 Å². The summed E-state index contributed by atoms with van der Waals surface area (Å²) in [4.78, 5) is 25.1. The van der Waals surface area contributed by atoms with Crippen molar-refractivity contribution in [2.75, 3.05) is 6.54 Å². The highest BCUT2D eigenvalue weighted by atomic mass is 16.2. The van der Waals surface area contributed by atoms with E-state index in [1.54, 1.807) is 23.9 Å². The smallest absolute Gasteiger partial charge is 0.278 e. The third-order valence-electron chi connectivity index (χ3n) is 2.54. The van der Waals surface area contributed by atoms with E-state index < -0.39 is 0 Å². The third-order valence-corrected chi connectivity index (χ3v) is 2.54. The van der Waals surface area contributed by atoms with Crippen molar-refractivity contribution in [2.45, 2.75) is 13.8 Å². The summed E-state index contributed by atoms with van der Waals surface area (Å²) in [5.74, 6) is -0.0345. The first-order chi connectivity index (χ1) is 7.02. The maximum absolute atomic E-state index is 11.9. The molecule has 0 aliphatic carbocycles. The number of aryl methyl sites for hydroxylation is 1. The number of amides is 2. The Kier molecular flexibility index (Phi) is 2.14. The molecule has 2 rings (SSSR count). The van der Waals surface area contributed by atoms with E-state index in [1.165, 1.54) is 4.90 Å². The quantitative estimate of drug-likeness (QED) is 0.684. The van der Waals surface area contributed by atoms with E-state index >= 15 is 0 Å². The molecule has 4 nitrogen and oxygen atoms in total. The van der Waals surface area contributed by atoms with Gasteiger partial charge in [-0.05, 0) is 12.0 Å². The van der Waals surface area contributed by atoms with Crippen molar-refractivity contribution in [1.82, 2.24) is 9.47 Å². The highest BCUT2D eigenvalue weighted by Gasteiger charge is 2.37. The lowest BCUT2D eigenvalue weighted by atomic mass is 10.2. The predicted octanol–water partition coefficient (Wildman–Crippen LogP) is 1.28. The summed E-state index contributed by atoms with van der Waals surface area (Å²) in [5, 5.41) is 0. The first-order valence-corrected chi connectivity index (χ1v) is 5.04. The zero-order valence-corrected chi connectivity index (χ0v) is 9.15. The molecule has 0 unspecified atom stereocenters. The number of hydrogen-bond acceptors (Lipinski definition) is 2. The van der Waals surface area contributed by atoms with Gasteiger partial charge in [0.2, 0.25) is 0 Å². The summed E-state index contributed by atoms with van der Waals surface area (Å²) < 4.78 is 1.70. The fourth-order valence-corrected chi connectivity index (χ4v) is 1.86. The highest BCUT2D eigenvalue weighted by Crippen LogP contribution is 2.23. The van der Waals surface area contributed by atoms with Crippen LogP contribution in [0.2, 0.25) is 0 Å². The van der Waals surface area contributed by atoms with Crippen molar-refractivity contribution in [2.24, 2.45) is 13.0 Å². The number of nitrogens with zero attached hydrogens (tertiary/aromatic N) is 2. The summed E-state index contributed by atoms with van der Waals surface area (Å²) in [6, 6.07) is 1.70. The van der Waals surface area contributed by atoms with Gasteiger partial charge in [0.1, 0.15) is 5.69 Å². The summed E-state index contributed by atoms with van der Waals surface area (Å²) in [7, 11) is 1.78. The maximum atomic E-state index is 11.9. The second-order valence-corrected chi connectivity index (χ2v) is 4.30. The normalized spacial score (nSPS) is 15.3. The van der Waals surface area contributed by atoms with Crippen LogP contribution in [0, 0.1) is 5.92 Å².